The SMILES string of the molecule is COc1cccc(-c2c[nH]cc2C(=O)NC(C)CN2CCCC2=O)c1. The van der Waals surface area contributed by atoms with E-state index in [0.717, 1.165) is 29.8 Å². The molecule has 1 aliphatic rings. The van der Waals surface area contributed by atoms with Crippen LogP contribution >= 0.6 is 0 Å². The molecule has 0 spiro atoms. The molecule has 6 heteroatoms. The molecule has 1 unspecified atom stereocenters. The number of carbonyl (C=O) groups excluding carboxylic acids is 2. The van der Waals surface area contributed by atoms with E-state index in [-0.39, 0.29) is 17.9 Å². The second kappa shape index (κ2) is 7.42. The molecule has 1 fully saturated rings. The highest BCUT2D eigenvalue weighted by Gasteiger charge is 2.23. The van der Waals surface area contributed by atoms with E-state index in [1.165, 1.54) is 0 Å². The van der Waals surface area contributed by atoms with E-state index < -0.39 is 0 Å². The molecule has 1 aromatic heterocycles. The van der Waals surface area contributed by atoms with Crippen molar-refractivity contribution in [3.8, 4) is 16.9 Å². The lowest BCUT2D eigenvalue weighted by Gasteiger charge is -2.21. The maximum Gasteiger partial charge on any atom is 0.253 e. The molecule has 1 aromatic carbocycles. The molecule has 1 aliphatic heterocycles. The van der Waals surface area contributed by atoms with Crippen molar-refractivity contribution in [2.45, 2.75) is 25.8 Å². The van der Waals surface area contributed by atoms with Crippen LogP contribution in [0.1, 0.15) is 30.1 Å². The Morgan fingerprint density at radius 1 is 1.40 bits per heavy atom. The summed E-state index contributed by atoms with van der Waals surface area (Å²) in [6.45, 7) is 3.24. The minimum atomic E-state index is -0.154. The van der Waals surface area contributed by atoms with Crippen molar-refractivity contribution in [2.75, 3.05) is 20.2 Å². The highest BCUT2D eigenvalue weighted by atomic mass is 16.5. The van der Waals surface area contributed by atoms with Crippen molar-refractivity contribution < 1.29 is 14.3 Å². The molecule has 2 aromatic rings. The van der Waals surface area contributed by atoms with E-state index in [9.17, 15) is 9.59 Å². The summed E-state index contributed by atoms with van der Waals surface area (Å²) in [7, 11) is 1.62. The van der Waals surface area contributed by atoms with Crippen molar-refractivity contribution >= 4 is 11.8 Å². The highest BCUT2D eigenvalue weighted by Crippen LogP contribution is 2.27. The van der Waals surface area contributed by atoms with Crippen LogP contribution in [-0.2, 0) is 4.79 Å². The third-order valence-electron chi connectivity index (χ3n) is 4.41. The van der Waals surface area contributed by atoms with Gasteiger partial charge in [0.25, 0.3) is 5.91 Å². The number of hydrogen-bond acceptors (Lipinski definition) is 3. The Labute approximate surface area is 147 Å². The third-order valence-corrected chi connectivity index (χ3v) is 4.41. The van der Waals surface area contributed by atoms with E-state index >= 15 is 0 Å². The van der Waals surface area contributed by atoms with Gasteiger partial charge in [0.05, 0.1) is 12.7 Å². The normalized spacial score (nSPS) is 15.3. The van der Waals surface area contributed by atoms with Gasteiger partial charge in [-0.3, -0.25) is 9.59 Å². The van der Waals surface area contributed by atoms with Gasteiger partial charge in [0.1, 0.15) is 5.75 Å². The Morgan fingerprint density at radius 3 is 2.96 bits per heavy atom. The summed E-state index contributed by atoms with van der Waals surface area (Å²) >= 11 is 0. The summed E-state index contributed by atoms with van der Waals surface area (Å²) < 4.78 is 5.25. The topological polar surface area (TPSA) is 74.4 Å². The molecular weight excluding hydrogens is 318 g/mol. The summed E-state index contributed by atoms with van der Waals surface area (Å²) in [4.78, 5) is 29.2. The van der Waals surface area contributed by atoms with Crippen LogP contribution in [0.3, 0.4) is 0 Å². The van der Waals surface area contributed by atoms with Gasteiger partial charge in [-0.25, -0.2) is 0 Å². The van der Waals surface area contributed by atoms with Crippen LogP contribution in [0.25, 0.3) is 11.1 Å². The van der Waals surface area contributed by atoms with Crippen molar-refractivity contribution in [3.63, 3.8) is 0 Å². The maximum absolute atomic E-state index is 12.7. The van der Waals surface area contributed by atoms with Gasteiger partial charge in [0.15, 0.2) is 0 Å². The number of carbonyl (C=O) groups is 2. The Bertz CT molecular complexity index is 769. The molecule has 1 saturated heterocycles. The Balaban J connectivity index is 1.70. The lowest BCUT2D eigenvalue weighted by molar-refractivity contribution is -0.127. The number of aromatic amines is 1. The van der Waals surface area contributed by atoms with Crippen LogP contribution in [0.5, 0.6) is 5.75 Å². The molecule has 3 rings (SSSR count). The third kappa shape index (κ3) is 3.84. The molecule has 132 valence electrons. The molecule has 0 bridgehead atoms. The first kappa shape index (κ1) is 17.1. The molecule has 6 nitrogen and oxygen atoms in total. The number of benzene rings is 1. The van der Waals surface area contributed by atoms with Gasteiger partial charge < -0.3 is 19.9 Å². The van der Waals surface area contributed by atoms with Gasteiger partial charge in [-0.15, -0.1) is 0 Å². The predicted octanol–water partition coefficient (Wildman–Crippen LogP) is 2.43. The standard InChI is InChI=1S/C19H23N3O3/c1-13(12-22-8-4-7-18(22)23)21-19(24)17-11-20-10-16(17)14-5-3-6-15(9-14)25-2/h3,5-6,9-11,13,20H,4,7-8,12H2,1-2H3,(H,21,24). The van der Waals surface area contributed by atoms with Crippen LogP contribution in [0.4, 0.5) is 0 Å². The maximum atomic E-state index is 12.7. The summed E-state index contributed by atoms with van der Waals surface area (Å²) in [5.74, 6) is 0.754. The number of nitrogens with zero attached hydrogens (tertiary/aromatic N) is 1. The van der Waals surface area contributed by atoms with Gasteiger partial charge in [0, 0.05) is 43.5 Å². The zero-order valence-electron chi connectivity index (χ0n) is 14.5. The number of aromatic nitrogens is 1. The lowest BCUT2D eigenvalue weighted by Crippen LogP contribution is -2.42. The first-order valence-corrected chi connectivity index (χ1v) is 8.48. The molecule has 2 N–H and O–H groups in total. The minimum absolute atomic E-state index is 0.109. The Morgan fingerprint density at radius 2 is 2.24 bits per heavy atom. The number of rotatable bonds is 6. The summed E-state index contributed by atoms with van der Waals surface area (Å²) in [5.41, 5.74) is 2.31. The van der Waals surface area contributed by atoms with E-state index in [1.807, 2.05) is 36.1 Å². The van der Waals surface area contributed by atoms with Crippen molar-refractivity contribution in [2.24, 2.45) is 0 Å². The molecular formula is C19H23N3O3. The Kier molecular flexibility index (Phi) is 5.07. The van der Waals surface area contributed by atoms with E-state index in [4.69, 9.17) is 4.74 Å². The van der Waals surface area contributed by atoms with Crippen molar-refractivity contribution in [1.82, 2.24) is 15.2 Å². The van der Waals surface area contributed by atoms with Gasteiger partial charge in [-0.2, -0.15) is 0 Å². The van der Waals surface area contributed by atoms with Crippen LogP contribution in [0.15, 0.2) is 36.7 Å². The fraction of sp³-hybridized carbons (Fsp3) is 0.368. The monoisotopic (exact) mass is 341 g/mol. The Hall–Kier alpha value is -2.76. The number of amides is 2. The number of ether oxygens (including phenoxy) is 1. The average molecular weight is 341 g/mol. The average Bonchev–Trinajstić information content (AvgIpc) is 3.24. The zero-order valence-corrected chi connectivity index (χ0v) is 14.5. The molecule has 25 heavy (non-hydrogen) atoms. The first-order valence-electron chi connectivity index (χ1n) is 8.48. The van der Waals surface area contributed by atoms with Crippen LogP contribution in [-0.4, -0.2) is 47.9 Å². The highest BCUT2D eigenvalue weighted by molar-refractivity contribution is 6.01. The summed E-state index contributed by atoms with van der Waals surface area (Å²) in [5, 5.41) is 2.98. The second-order valence-corrected chi connectivity index (χ2v) is 6.33. The molecule has 1 atom stereocenters. The van der Waals surface area contributed by atoms with Gasteiger partial charge in [-0.05, 0) is 31.0 Å². The van der Waals surface area contributed by atoms with Crippen LogP contribution in [0.2, 0.25) is 0 Å². The molecule has 2 amide bonds. The molecule has 0 saturated carbocycles. The largest absolute Gasteiger partial charge is 0.497 e. The van der Waals surface area contributed by atoms with Crippen LogP contribution in [0, 0.1) is 0 Å². The number of methoxy groups -OCH3 is 1. The lowest BCUT2D eigenvalue weighted by atomic mass is 10.0. The first-order chi connectivity index (χ1) is 12.1. The number of nitrogens with one attached hydrogen (secondary N) is 2. The van der Waals surface area contributed by atoms with E-state index in [1.54, 1.807) is 19.5 Å². The van der Waals surface area contributed by atoms with E-state index in [0.29, 0.717) is 18.5 Å². The smallest absolute Gasteiger partial charge is 0.253 e. The zero-order chi connectivity index (χ0) is 17.8. The number of likely N-dealkylation sites (tertiary alicyclic amines) is 1. The summed E-state index contributed by atoms with van der Waals surface area (Å²) in [6, 6.07) is 7.49. The fourth-order valence-corrected chi connectivity index (χ4v) is 3.16. The number of H-pyrrole nitrogens is 1. The molecule has 0 radical (unpaired) electrons. The molecule has 2 heterocycles. The van der Waals surface area contributed by atoms with Gasteiger partial charge in [0.2, 0.25) is 5.91 Å². The number of hydrogen-bond donors (Lipinski definition) is 2. The van der Waals surface area contributed by atoms with Gasteiger partial charge >= 0.3 is 0 Å². The van der Waals surface area contributed by atoms with Crippen molar-refractivity contribution in [3.05, 3.63) is 42.2 Å². The fourth-order valence-electron chi connectivity index (χ4n) is 3.16. The predicted molar refractivity (Wildman–Crippen MR) is 95.5 cm³/mol. The minimum Gasteiger partial charge on any atom is -0.497 e. The van der Waals surface area contributed by atoms with Crippen molar-refractivity contribution in [1.29, 1.82) is 0 Å². The van der Waals surface area contributed by atoms with E-state index in [2.05, 4.69) is 10.3 Å². The molecule has 0 aliphatic carbocycles. The summed E-state index contributed by atoms with van der Waals surface area (Å²) in [6.07, 6.45) is 5.01. The second-order valence-electron chi connectivity index (χ2n) is 6.33. The van der Waals surface area contributed by atoms with Gasteiger partial charge in [-0.1, -0.05) is 12.1 Å². The van der Waals surface area contributed by atoms with Crippen LogP contribution < -0.4 is 10.1 Å². The quantitative estimate of drug-likeness (QED) is 0.847.